The van der Waals surface area contributed by atoms with Gasteiger partial charge in [0.1, 0.15) is 5.82 Å². The van der Waals surface area contributed by atoms with Crippen LogP contribution in [0.15, 0.2) is 23.1 Å². The SMILES string of the molecule is CC(CN)CCc1nc2ccc(S(C)(=O)=O)cc2[nH]1. The number of sulfone groups is 1. The van der Waals surface area contributed by atoms with Gasteiger partial charge in [0.25, 0.3) is 0 Å². The molecule has 0 aliphatic rings. The number of hydrogen-bond acceptors (Lipinski definition) is 4. The molecule has 1 aromatic heterocycles. The summed E-state index contributed by atoms with van der Waals surface area (Å²) in [5.74, 6) is 1.33. The summed E-state index contributed by atoms with van der Waals surface area (Å²) < 4.78 is 23.0. The third-order valence-corrected chi connectivity index (χ3v) is 4.32. The number of benzene rings is 1. The van der Waals surface area contributed by atoms with Crippen molar-refractivity contribution in [1.82, 2.24) is 9.97 Å². The first kappa shape index (κ1) is 14.0. The van der Waals surface area contributed by atoms with Gasteiger partial charge in [-0.3, -0.25) is 0 Å². The highest BCUT2D eigenvalue weighted by molar-refractivity contribution is 7.90. The number of nitrogens with zero attached hydrogens (tertiary/aromatic N) is 1. The monoisotopic (exact) mass is 281 g/mol. The van der Waals surface area contributed by atoms with E-state index in [4.69, 9.17) is 5.73 Å². The van der Waals surface area contributed by atoms with E-state index < -0.39 is 9.84 Å². The molecule has 0 radical (unpaired) electrons. The van der Waals surface area contributed by atoms with Crippen molar-refractivity contribution in [1.29, 1.82) is 0 Å². The van der Waals surface area contributed by atoms with E-state index in [9.17, 15) is 8.42 Å². The van der Waals surface area contributed by atoms with Crippen molar-refractivity contribution in [3.05, 3.63) is 24.0 Å². The summed E-state index contributed by atoms with van der Waals surface area (Å²) in [5.41, 5.74) is 7.14. The van der Waals surface area contributed by atoms with Crippen LogP contribution in [0.5, 0.6) is 0 Å². The molecule has 1 heterocycles. The minimum Gasteiger partial charge on any atom is -0.342 e. The summed E-state index contributed by atoms with van der Waals surface area (Å²) in [6.45, 7) is 2.77. The molecule has 1 atom stereocenters. The lowest BCUT2D eigenvalue weighted by Gasteiger charge is -2.05. The smallest absolute Gasteiger partial charge is 0.175 e. The van der Waals surface area contributed by atoms with Gasteiger partial charge in [0.05, 0.1) is 15.9 Å². The number of H-pyrrole nitrogens is 1. The van der Waals surface area contributed by atoms with E-state index in [1.165, 1.54) is 6.26 Å². The lowest BCUT2D eigenvalue weighted by Crippen LogP contribution is -2.11. The van der Waals surface area contributed by atoms with E-state index in [0.29, 0.717) is 17.4 Å². The Kier molecular flexibility index (Phi) is 3.91. The summed E-state index contributed by atoms with van der Waals surface area (Å²) in [4.78, 5) is 7.93. The number of aryl methyl sites for hydroxylation is 1. The second kappa shape index (κ2) is 5.30. The zero-order chi connectivity index (χ0) is 14.0. The normalized spacial score (nSPS) is 13.8. The van der Waals surface area contributed by atoms with Gasteiger partial charge in [-0.15, -0.1) is 0 Å². The van der Waals surface area contributed by atoms with Crippen LogP contribution in [0.3, 0.4) is 0 Å². The molecule has 0 saturated heterocycles. The predicted molar refractivity (Wildman–Crippen MR) is 75.7 cm³/mol. The quantitative estimate of drug-likeness (QED) is 0.869. The second-order valence-electron chi connectivity index (χ2n) is 5.01. The topological polar surface area (TPSA) is 88.8 Å². The number of nitrogens with two attached hydrogens (primary N) is 1. The van der Waals surface area contributed by atoms with Gasteiger partial charge in [0.2, 0.25) is 0 Å². The molecule has 5 nitrogen and oxygen atoms in total. The maximum atomic E-state index is 11.5. The van der Waals surface area contributed by atoms with E-state index in [1.54, 1.807) is 18.2 Å². The zero-order valence-electron chi connectivity index (χ0n) is 11.2. The van der Waals surface area contributed by atoms with Crippen molar-refractivity contribution in [3.63, 3.8) is 0 Å². The van der Waals surface area contributed by atoms with Crippen LogP contribution in [-0.4, -0.2) is 31.2 Å². The molecule has 0 spiro atoms. The van der Waals surface area contributed by atoms with Crippen molar-refractivity contribution in [2.45, 2.75) is 24.7 Å². The molecular weight excluding hydrogens is 262 g/mol. The molecule has 1 unspecified atom stereocenters. The highest BCUT2D eigenvalue weighted by atomic mass is 32.2. The van der Waals surface area contributed by atoms with Gasteiger partial charge in [-0.05, 0) is 37.1 Å². The maximum Gasteiger partial charge on any atom is 0.175 e. The third-order valence-electron chi connectivity index (χ3n) is 3.21. The fraction of sp³-hybridized carbons (Fsp3) is 0.462. The number of imidazole rings is 1. The number of nitrogens with one attached hydrogen (secondary N) is 1. The Labute approximate surface area is 113 Å². The largest absolute Gasteiger partial charge is 0.342 e. The van der Waals surface area contributed by atoms with E-state index in [1.807, 2.05) is 0 Å². The van der Waals surface area contributed by atoms with Gasteiger partial charge in [-0.25, -0.2) is 13.4 Å². The number of aromatic nitrogens is 2. The highest BCUT2D eigenvalue weighted by Gasteiger charge is 2.10. The Morgan fingerprint density at radius 3 is 2.79 bits per heavy atom. The molecule has 0 amide bonds. The minimum absolute atomic E-state index is 0.311. The van der Waals surface area contributed by atoms with Crippen molar-refractivity contribution in [2.75, 3.05) is 12.8 Å². The second-order valence-corrected chi connectivity index (χ2v) is 7.03. The summed E-state index contributed by atoms with van der Waals surface area (Å²) in [6, 6.07) is 4.95. The Balaban J connectivity index is 2.26. The van der Waals surface area contributed by atoms with Crippen molar-refractivity contribution < 1.29 is 8.42 Å². The van der Waals surface area contributed by atoms with Gasteiger partial charge >= 0.3 is 0 Å². The van der Waals surface area contributed by atoms with Crippen LogP contribution in [0.25, 0.3) is 11.0 Å². The third kappa shape index (κ3) is 3.33. The van der Waals surface area contributed by atoms with Crippen LogP contribution in [0.1, 0.15) is 19.2 Å². The van der Waals surface area contributed by atoms with Gasteiger partial charge in [-0.2, -0.15) is 0 Å². The molecule has 104 valence electrons. The van der Waals surface area contributed by atoms with E-state index in [0.717, 1.165) is 29.7 Å². The average Bonchev–Trinajstić information content (AvgIpc) is 2.76. The van der Waals surface area contributed by atoms with Gasteiger partial charge in [0, 0.05) is 12.7 Å². The molecule has 0 saturated carbocycles. The summed E-state index contributed by atoms with van der Waals surface area (Å²) in [5, 5.41) is 0. The highest BCUT2D eigenvalue weighted by Crippen LogP contribution is 2.18. The molecule has 1 aromatic carbocycles. The number of fused-ring (bicyclic) bond motifs is 1. The molecule has 2 aromatic rings. The summed E-state index contributed by atoms with van der Waals surface area (Å²) >= 11 is 0. The molecule has 0 aliphatic carbocycles. The maximum absolute atomic E-state index is 11.5. The van der Waals surface area contributed by atoms with Gasteiger partial charge in [0.15, 0.2) is 9.84 Å². The van der Waals surface area contributed by atoms with E-state index in [2.05, 4.69) is 16.9 Å². The Morgan fingerprint density at radius 2 is 2.16 bits per heavy atom. The zero-order valence-corrected chi connectivity index (χ0v) is 12.0. The Morgan fingerprint density at radius 1 is 1.42 bits per heavy atom. The molecule has 0 aliphatic heterocycles. The van der Waals surface area contributed by atoms with Crippen molar-refractivity contribution in [3.8, 4) is 0 Å². The predicted octanol–water partition coefficient (Wildman–Crippen LogP) is 1.49. The number of rotatable bonds is 5. The Bertz CT molecular complexity index is 676. The summed E-state index contributed by atoms with van der Waals surface area (Å²) in [7, 11) is -3.18. The fourth-order valence-corrected chi connectivity index (χ4v) is 2.54. The van der Waals surface area contributed by atoms with Crippen LogP contribution in [0.4, 0.5) is 0 Å². The molecule has 19 heavy (non-hydrogen) atoms. The molecule has 2 rings (SSSR count). The molecule has 6 heteroatoms. The van der Waals surface area contributed by atoms with Crippen molar-refractivity contribution >= 4 is 20.9 Å². The van der Waals surface area contributed by atoms with Crippen LogP contribution < -0.4 is 5.73 Å². The standard InChI is InChI=1S/C13H19N3O2S/c1-9(8-14)3-6-13-15-11-5-4-10(19(2,17)18)7-12(11)16-13/h4-5,7,9H,3,6,8,14H2,1-2H3,(H,15,16). The Hall–Kier alpha value is -1.40. The molecule has 0 bridgehead atoms. The first-order chi connectivity index (χ1) is 8.90. The first-order valence-electron chi connectivity index (χ1n) is 6.29. The van der Waals surface area contributed by atoms with E-state index >= 15 is 0 Å². The van der Waals surface area contributed by atoms with Gasteiger partial charge < -0.3 is 10.7 Å². The van der Waals surface area contributed by atoms with Crippen LogP contribution in [0.2, 0.25) is 0 Å². The molecular formula is C13H19N3O2S. The van der Waals surface area contributed by atoms with Crippen molar-refractivity contribution in [2.24, 2.45) is 11.7 Å². The number of hydrogen-bond donors (Lipinski definition) is 2. The van der Waals surface area contributed by atoms with Crippen LogP contribution in [-0.2, 0) is 16.3 Å². The lowest BCUT2D eigenvalue weighted by molar-refractivity contribution is 0.538. The first-order valence-corrected chi connectivity index (χ1v) is 8.18. The van der Waals surface area contributed by atoms with E-state index in [-0.39, 0.29) is 0 Å². The van der Waals surface area contributed by atoms with Crippen LogP contribution in [0, 0.1) is 5.92 Å². The lowest BCUT2D eigenvalue weighted by atomic mass is 10.1. The minimum atomic E-state index is -3.18. The van der Waals surface area contributed by atoms with Gasteiger partial charge in [-0.1, -0.05) is 6.92 Å². The average molecular weight is 281 g/mol. The fourth-order valence-electron chi connectivity index (χ4n) is 1.89. The molecule has 3 N–H and O–H groups in total. The number of aromatic amines is 1. The molecule has 0 fully saturated rings. The summed E-state index contributed by atoms with van der Waals surface area (Å²) in [6.07, 6.45) is 2.99. The van der Waals surface area contributed by atoms with Crippen LogP contribution >= 0.6 is 0 Å².